The summed E-state index contributed by atoms with van der Waals surface area (Å²) in [7, 11) is 0. The molecule has 2 aromatic heterocycles. The molecule has 0 saturated heterocycles. The highest BCUT2D eigenvalue weighted by atomic mass is 35.5. The Bertz CT molecular complexity index is 911. The lowest BCUT2D eigenvalue weighted by Crippen LogP contribution is -2.24. The van der Waals surface area contributed by atoms with E-state index in [-0.39, 0.29) is 0 Å². The molecule has 3 aromatic rings. The van der Waals surface area contributed by atoms with Crippen LogP contribution in [0.25, 0.3) is 10.9 Å². The van der Waals surface area contributed by atoms with E-state index in [1.807, 2.05) is 26.0 Å². The predicted octanol–water partition coefficient (Wildman–Crippen LogP) is 4.44. The molecule has 24 heavy (non-hydrogen) atoms. The molecule has 2 heterocycles. The maximum atomic E-state index is 10.6. The molecule has 1 unspecified atom stereocenters. The number of hydrogen-bond donors (Lipinski definition) is 1. The van der Waals surface area contributed by atoms with Crippen molar-refractivity contribution in [2.75, 3.05) is 0 Å². The number of halogens is 2. The third kappa shape index (κ3) is 2.83. The van der Waals surface area contributed by atoms with Crippen LogP contribution in [0.4, 0.5) is 0 Å². The first kappa shape index (κ1) is 17.3. The minimum Gasteiger partial charge on any atom is -0.389 e. The van der Waals surface area contributed by atoms with Crippen molar-refractivity contribution >= 4 is 34.1 Å². The number of nitrogens with zero attached hydrogens (tertiary/aromatic N) is 3. The Kier molecular flexibility index (Phi) is 4.65. The van der Waals surface area contributed by atoms with Gasteiger partial charge < -0.3 is 9.67 Å². The van der Waals surface area contributed by atoms with Gasteiger partial charge in [0.05, 0.1) is 46.1 Å². The number of para-hydroxylation sites is 1. The normalized spacial score (nSPS) is 13.0. The second kappa shape index (κ2) is 6.43. The number of benzene rings is 1. The maximum Gasteiger partial charge on any atom is 0.0914 e. The summed E-state index contributed by atoms with van der Waals surface area (Å²) >= 11 is 12.6. The molecular weight excluding hydrogens is 345 g/mol. The Morgan fingerprint density at radius 2 is 1.79 bits per heavy atom. The summed E-state index contributed by atoms with van der Waals surface area (Å²) in [4.78, 5) is 0. The number of rotatable bonds is 4. The van der Waals surface area contributed by atoms with Gasteiger partial charge in [-0.1, -0.05) is 35.3 Å². The Morgan fingerprint density at radius 3 is 2.42 bits per heavy atom. The highest BCUT2D eigenvalue weighted by Gasteiger charge is 2.18. The number of hydrogen-bond acceptors (Lipinski definition) is 2. The van der Waals surface area contributed by atoms with E-state index in [1.54, 1.807) is 4.68 Å². The van der Waals surface area contributed by atoms with E-state index < -0.39 is 6.10 Å². The molecule has 0 bridgehead atoms. The third-order valence-corrected chi connectivity index (χ3v) is 5.53. The quantitative estimate of drug-likeness (QED) is 0.742. The monoisotopic (exact) mass is 365 g/mol. The molecule has 0 aliphatic heterocycles. The lowest BCUT2D eigenvalue weighted by atomic mass is 10.2. The summed E-state index contributed by atoms with van der Waals surface area (Å²) in [6.45, 7) is 8.76. The van der Waals surface area contributed by atoms with Crippen LogP contribution in [0.3, 0.4) is 0 Å². The minimum atomic E-state index is -0.593. The largest absolute Gasteiger partial charge is 0.389 e. The third-order valence-electron chi connectivity index (χ3n) is 4.68. The molecule has 3 rings (SSSR count). The predicted molar refractivity (Wildman–Crippen MR) is 99.1 cm³/mol. The number of aryl methyl sites for hydroxylation is 2. The summed E-state index contributed by atoms with van der Waals surface area (Å²) in [5.41, 5.74) is 4.93. The highest BCUT2D eigenvalue weighted by molar-refractivity contribution is 6.35. The molecule has 1 atom stereocenters. The molecule has 1 aromatic carbocycles. The molecule has 0 amide bonds. The topological polar surface area (TPSA) is 43.0 Å². The lowest BCUT2D eigenvalue weighted by molar-refractivity contribution is 0.130. The first-order valence-electron chi connectivity index (χ1n) is 7.92. The van der Waals surface area contributed by atoms with Crippen LogP contribution in [0.1, 0.15) is 22.6 Å². The van der Waals surface area contributed by atoms with Gasteiger partial charge in [0.2, 0.25) is 0 Å². The lowest BCUT2D eigenvalue weighted by Gasteiger charge is -2.16. The Labute approximate surface area is 151 Å². The molecule has 0 saturated carbocycles. The van der Waals surface area contributed by atoms with Gasteiger partial charge in [-0.2, -0.15) is 5.10 Å². The van der Waals surface area contributed by atoms with Gasteiger partial charge in [0.15, 0.2) is 0 Å². The Morgan fingerprint density at radius 1 is 1.08 bits per heavy atom. The summed E-state index contributed by atoms with van der Waals surface area (Å²) in [6.07, 6.45) is -0.593. The molecule has 4 nitrogen and oxygen atoms in total. The number of aromatic nitrogens is 3. The van der Waals surface area contributed by atoms with Gasteiger partial charge in [-0.15, -0.1) is 0 Å². The van der Waals surface area contributed by atoms with Crippen LogP contribution in [-0.4, -0.2) is 25.6 Å². The van der Waals surface area contributed by atoms with Crippen LogP contribution in [0, 0.1) is 27.7 Å². The van der Waals surface area contributed by atoms with Crippen molar-refractivity contribution in [1.82, 2.24) is 14.3 Å². The summed E-state index contributed by atoms with van der Waals surface area (Å²) < 4.78 is 3.85. The van der Waals surface area contributed by atoms with Crippen molar-refractivity contribution in [2.24, 2.45) is 0 Å². The van der Waals surface area contributed by atoms with Crippen molar-refractivity contribution in [2.45, 2.75) is 46.9 Å². The van der Waals surface area contributed by atoms with Gasteiger partial charge in [0, 0.05) is 11.1 Å². The Balaban J connectivity index is 1.92. The summed E-state index contributed by atoms with van der Waals surface area (Å²) in [6, 6.07) is 5.90. The average molecular weight is 366 g/mol. The molecule has 0 radical (unpaired) electrons. The molecular formula is C18H21Cl2N3O. The van der Waals surface area contributed by atoms with Crippen LogP contribution in [0.5, 0.6) is 0 Å². The standard InChI is InChI=1S/C18H21Cl2N3O/c1-10-12(3)22(18-15(10)6-5-7-16(18)19)8-14(24)9-23-13(4)17(20)11(2)21-23/h5-7,14,24H,8-9H2,1-4H3. The van der Waals surface area contributed by atoms with Gasteiger partial charge in [0.1, 0.15) is 0 Å². The molecule has 0 aliphatic rings. The summed E-state index contributed by atoms with van der Waals surface area (Å²) in [5, 5.41) is 17.5. The fraction of sp³-hybridized carbons (Fsp3) is 0.389. The van der Waals surface area contributed by atoms with E-state index in [0.29, 0.717) is 23.1 Å². The van der Waals surface area contributed by atoms with E-state index in [4.69, 9.17) is 23.2 Å². The maximum absolute atomic E-state index is 10.6. The smallest absolute Gasteiger partial charge is 0.0914 e. The van der Waals surface area contributed by atoms with Gasteiger partial charge in [0.25, 0.3) is 0 Å². The van der Waals surface area contributed by atoms with Crippen LogP contribution < -0.4 is 0 Å². The van der Waals surface area contributed by atoms with Crippen LogP contribution in [0.2, 0.25) is 10.0 Å². The number of aliphatic hydroxyl groups excluding tert-OH is 1. The number of aliphatic hydroxyl groups is 1. The zero-order valence-corrected chi connectivity index (χ0v) is 15.8. The number of fused-ring (bicyclic) bond motifs is 1. The fourth-order valence-electron chi connectivity index (χ4n) is 3.21. The minimum absolute atomic E-state index is 0.391. The van der Waals surface area contributed by atoms with Crippen molar-refractivity contribution in [3.05, 3.63) is 50.9 Å². The van der Waals surface area contributed by atoms with Gasteiger partial charge >= 0.3 is 0 Å². The summed E-state index contributed by atoms with van der Waals surface area (Å²) in [5.74, 6) is 0. The van der Waals surface area contributed by atoms with Gasteiger partial charge in [-0.05, 0) is 39.3 Å². The van der Waals surface area contributed by atoms with Crippen molar-refractivity contribution in [1.29, 1.82) is 0 Å². The molecule has 0 aliphatic carbocycles. The second-order valence-electron chi connectivity index (χ2n) is 6.28. The van der Waals surface area contributed by atoms with Crippen molar-refractivity contribution in [3.63, 3.8) is 0 Å². The van der Waals surface area contributed by atoms with E-state index in [1.165, 1.54) is 5.56 Å². The first-order valence-corrected chi connectivity index (χ1v) is 8.68. The molecule has 6 heteroatoms. The van der Waals surface area contributed by atoms with E-state index in [2.05, 4.69) is 29.6 Å². The fourth-order valence-corrected chi connectivity index (χ4v) is 3.62. The van der Waals surface area contributed by atoms with E-state index in [0.717, 1.165) is 28.0 Å². The zero-order chi connectivity index (χ0) is 17.6. The van der Waals surface area contributed by atoms with Crippen LogP contribution >= 0.6 is 23.2 Å². The Hall–Kier alpha value is -1.49. The van der Waals surface area contributed by atoms with Crippen molar-refractivity contribution < 1.29 is 5.11 Å². The van der Waals surface area contributed by atoms with E-state index >= 15 is 0 Å². The SMILES string of the molecule is Cc1nn(CC(O)Cn2c(C)c(C)c3cccc(Cl)c32)c(C)c1Cl. The van der Waals surface area contributed by atoms with E-state index in [9.17, 15) is 5.11 Å². The molecule has 1 N–H and O–H groups in total. The van der Waals surface area contributed by atoms with Crippen LogP contribution in [-0.2, 0) is 13.1 Å². The molecule has 0 spiro atoms. The zero-order valence-electron chi connectivity index (χ0n) is 14.3. The molecule has 0 fully saturated rings. The second-order valence-corrected chi connectivity index (χ2v) is 7.06. The van der Waals surface area contributed by atoms with Crippen LogP contribution in [0.15, 0.2) is 18.2 Å². The van der Waals surface area contributed by atoms with Gasteiger partial charge in [-0.3, -0.25) is 4.68 Å². The highest BCUT2D eigenvalue weighted by Crippen LogP contribution is 2.31. The van der Waals surface area contributed by atoms with Crippen molar-refractivity contribution in [3.8, 4) is 0 Å². The average Bonchev–Trinajstić information content (AvgIpc) is 2.92. The first-order chi connectivity index (χ1) is 11.3. The molecule has 128 valence electrons. The van der Waals surface area contributed by atoms with Gasteiger partial charge in [-0.25, -0.2) is 0 Å².